The van der Waals surface area contributed by atoms with Gasteiger partial charge in [0.15, 0.2) is 0 Å². The summed E-state index contributed by atoms with van der Waals surface area (Å²) in [6.07, 6.45) is 1.30. The predicted octanol–water partition coefficient (Wildman–Crippen LogP) is -0.697. The van der Waals surface area contributed by atoms with E-state index in [0.717, 1.165) is 6.42 Å². The van der Waals surface area contributed by atoms with Crippen molar-refractivity contribution in [3.8, 4) is 0 Å². The van der Waals surface area contributed by atoms with E-state index < -0.39 is 5.92 Å². The van der Waals surface area contributed by atoms with Crippen molar-refractivity contribution in [3.05, 3.63) is 0 Å². The predicted molar refractivity (Wildman–Crippen MR) is 60.1 cm³/mol. The largest absolute Gasteiger partial charge is 0.393 e. The van der Waals surface area contributed by atoms with Crippen LogP contribution in [0.3, 0.4) is 0 Å². The molecule has 0 aromatic rings. The first kappa shape index (κ1) is 11.9. The second-order valence-corrected chi connectivity index (χ2v) is 4.14. The maximum atomic E-state index is 11.4. The topological polar surface area (TPSA) is 84.2 Å². The summed E-state index contributed by atoms with van der Waals surface area (Å²) in [6, 6.07) is 0.0417. The number of hydrogen-bond donors (Lipinski definition) is 3. The summed E-state index contributed by atoms with van der Waals surface area (Å²) in [5.74, 6) is -0.614. The Bertz CT molecular complexity index is 293. The third-order valence-corrected chi connectivity index (χ3v) is 2.78. The highest BCUT2D eigenvalue weighted by Gasteiger charge is 2.22. The number of amides is 2. The monoisotopic (exact) mass is 229 g/mol. The van der Waals surface area contributed by atoms with Crippen molar-refractivity contribution in [1.82, 2.24) is 10.6 Å². The van der Waals surface area contributed by atoms with E-state index in [-0.39, 0.29) is 22.8 Å². The Morgan fingerprint density at radius 2 is 2.47 bits per heavy atom. The highest BCUT2D eigenvalue weighted by atomic mass is 32.1. The Morgan fingerprint density at radius 3 is 2.93 bits per heavy atom. The van der Waals surface area contributed by atoms with Gasteiger partial charge in [-0.05, 0) is 13.3 Å². The summed E-state index contributed by atoms with van der Waals surface area (Å²) < 4.78 is 0. The van der Waals surface area contributed by atoms with Crippen molar-refractivity contribution in [2.75, 3.05) is 6.54 Å². The Labute approximate surface area is 93.8 Å². The van der Waals surface area contributed by atoms with Crippen LogP contribution in [0.5, 0.6) is 0 Å². The van der Waals surface area contributed by atoms with Gasteiger partial charge in [0.2, 0.25) is 11.8 Å². The third kappa shape index (κ3) is 3.47. The maximum absolute atomic E-state index is 11.4. The van der Waals surface area contributed by atoms with Gasteiger partial charge in [-0.15, -0.1) is 0 Å². The quantitative estimate of drug-likeness (QED) is 0.557. The van der Waals surface area contributed by atoms with Gasteiger partial charge in [0, 0.05) is 19.0 Å². The van der Waals surface area contributed by atoms with Crippen molar-refractivity contribution in [3.63, 3.8) is 0 Å². The molecule has 0 radical (unpaired) electrons. The van der Waals surface area contributed by atoms with Gasteiger partial charge in [-0.2, -0.15) is 0 Å². The van der Waals surface area contributed by atoms with E-state index in [0.29, 0.717) is 13.0 Å². The highest BCUT2D eigenvalue weighted by Crippen LogP contribution is 2.05. The van der Waals surface area contributed by atoms with E-state index in [1.165, 1.54) is 0 Å². The van der Waals surface area contributed by atoms with E-state index in [2.05, 4.69) is 10.6 Å². The fraction of sp³-hybridized carbons (Fsp3) is 0.667. The molecule has 0 aromatic heterocycles. The highest BCUT2D eigenvalue weighted by molar-refractivity contribution is 7.80. The lowest BCUT2D eigenvalue weighted by Crippen LogP contribution is -2.42. The van der Waals surface area contributed by atoms with Gasteiger partial charge in [0.05, 0.1) is 10.9 Å². The number of nitrogens with one attached hydrogen (secondary N) is 2. The number of hydrogen-bond acceptors (Lipinski definition) is 3. The van der Waals surface area contributed by atoms with Crippen LogP contribution in [0.1, 0.15) is 19.8 Å². The molecule has 1 fully saturated rings. The number of carbonyl (C=O) groups excluding carboxylic acids is 2. The van der Waals surface area contributed by atoms with Crippen molar-refractivity contribution >= 4 is 29.0 Å². The molecular weight excluding hydrogens is 214 g/mol. The van der Waals surface area contributed by atoms with Gasteiger partial charge in [-0.3, -0.25) is 9.59 Å². The molecule has 15 heavy (non-hydrogen) atoms. The Morgan fingerprint density at radius 1 is 1.80 bits per heavy atom. The molecule has 1 heterocycles. The zero-order valence-electron chi connectivity index (χ0n) is 8.58. The molecule has 0 saturated carbocycles. The first-order valence-corrected chi connectivity index (χ1v) is 5.28. The Kier molecular flexibility index (Phi) is 4.02. The zero-order valence-corrected chi connectivity index (χ0v) is 9.39. The van der Waals surface area contributed by atoms with Crippen LogP contribution < -0.4 is 16.4 Å². The van der Waals surface area contributed by atoms with Crippen LogP contribution in [0.2, 0.25) is 0 Å². The van der Waals surface area contributed by atoms with Gasteiger partial charge in [0.1, 0.15) is 0 Å². The van der Waals surface area contributed by atoms with E-state index in [1.807, 2.05) is 0 Å². The van der Waals surface area contributed by atoms with Crippen LogP contribution in [0, 0.1) is 5.92 Å². The second-order valence-electron chi connectivity index (χ2n) is 3.67. The van der Waals surface area contributed by atoms with Crippen LogP contribution in [-0.4, -0.2) is 29.4 Å². The molecule has 0 aliphatic carbocycles. The normalized spacial score (nSPS) is 21.9. The Hall–Kier alpha value is -1.17. The van der Waals surface area contributed by atoms with Crippen LogP contribution in [-0.2, 0) is 9.59 Å². The second kappa shape index (κ2) is 5.06. The van der Waals surface area contributed by atoms with Crippen LogP contribution >= 0.6 is 12.2 Å². The summed E-state index contributed by atoms with van der Waals surface area (Å²) in [6.45, 7) is 2.10. The van der Waals surface area contributed by atoms with E-state index in [1.54, 1.807) is 6.92 Å². The molecule has 5 nitrogen and oxygen atoms in total. The molecule has 2 amide bonds. The van der Waals surface area contributed by atoms with Crippen molar-refractivity contribution < 1.29 is 9.59 Å². The standard InChI is InChI=1S/C9H15N3O2S/c1-5(8(10)15)9(14)11-4-6-2-3-7(13)12-6/h5-6H,2-4H2,1H3,(H2,10,15)(H,11,14)(H,12,13). The lowest BCUT2D eigenvalue weighted by atomic mass is 10.1. The molecule has 2 unspecified atom stereocenters. The van der Waals surface area contributed by atoms with Gasteiger partial charge in [-0.1, -0.05) is 12.2 Å². The van der Waals surface area contributed by atoms with Crippen molar-refractivity contribution in [2.24, 2.45) is 11.7 Å². The smallest absolute Gasteiger partial charge is 0.229 e. The van der Waals surface area contributed by atoms with Crippen LogP contribution in [0.15, 0.2) is 0 Å². The lowest BCUT2D eigenvalue weighted by Gasteiger charge is -2.14. The first-order chi connectivity index (χ1) is 7.00. The van der Waals surface area contributed by atoms with Gasteiger partial charge in [0.25, 0.3) is 0 Å². The van der Waals surface area contributed by atoms with E-state index >= 15 is 0 Å². The summed E-state index contributed by atoms with van der Waals surface area (Å²) in [4.78, 5) is 22.5. The fourth-order valence-corrected chi connectivity index (χ4v) is 1.44. The molecule has 1 aliphatic heterocycles. The molecular formula is C9H15N3O2S. The molecule has 0 aromatic carbocycles. The number of thiocarbonyl (C=S) groups is 1. The van der Waals surface area contributed by atoms with Gasteiger partial charge < -0.3 is 16.4 Å². The zero-order chi connectivity index (χ0) is 11.4. The van der Waals surface area contributed by atoms with E-state index in [9.17, 15) is 9.59 Å². The number of carbonyl (C=O) groups is 2. The Balaban J connectivity index is 2.28. The minimum Gasteiger partial charge on any atom is -0.393 e. The molecule has 1 rings (SSSR count). The summed E-state index contributed by atoms with van der Waals surface area (Å²) >= 11 is 4.71. The summed E-state index contributed by atoms with van der Waals surface area (Å²) in [7, 11) is 0. The average Bonchev–Trinajstić information content (AvgIpc) is 2.59. The molecule has 0 bridgehead atoms. The minimum atomic E-state index is -0.461. The van der Waals surface area contributed by atoms with Crippen LogP contribution in [0.4, 0.5) is 0 Å². The van der Waals surface area contributed by atoms with E-state index in [4.69, 9.17) is 18.0 Å². The van der Waals surface area contributed by atoms with Gasteiger partial charge in [-0.25, -0.2) is 0 Å². The summed E-state index contributed by atoms with van der Waals surface area (Å²) in [5, 5.41) is 5.46. The SMILES string of the molecule is CC(C(=O)NCC1CCC(=O)N1)C(N)=S. The molecule has 2 atom stereocenters. The molecule has 4 N–H and O–H groups in total. The number of nitrogens with two attached hydrogens (primary N) is 1. The molecule has 1 aliphatic rings. The van der Waals surface area contributed by atoms with Crippen molar-refractivity contribution in [2.45, 2.75) is 25.8 Å². The van der Waals surface area contributed by atoms with Gasteiger partial charge >= 0.3 is 0 Å². The fourth-order valence-electron chi connectivity index (χ4n) is 1.34. The third-order valence-electron chi connectivity index (χ3n) is 2.43. The minimum absolute atomic E-state index is 0.0386. The van der Waals surface area contributed by atoms with Crippen molar-refractivity contribution in [1.29, 1.82) is 0 Å². The summed E-state index contributed by atoms with van der Waals surface area (Å²) in [5.41, 5.74) is 5.34. The molecule has 6 heteroatoms. The molecule has 84 valence electrons. The first-order valence-electron chi connectivity index (χ1n) is 4.87. The lowest BCUT2D eigenvalue weighted by molar-refractivity contribution is -0.123. The molecule has 1 saturated heterocycles. The number of rotatable bonds is 4. The maximum Gasteiger partial charge on any atom is 0.229 e. The molecule has 0 spiro atoms. The van der Waals surface area contributed by atoms with Crippen LogP contribution in [0.25, 0.3) is 0 Å². The average molecular weight is 229 g/mol.